The predicted molar refractivity (Wildman–Crippen MR) is 63.6 cm³/mol. The van der Waals surface area contributed by atoms with Crippen LogP contribution in [0, 0.1) is 13.8 Å². The molecule has 0 bridgehead atoms. The Bertz CT molecular complexity index is 314. The largest absolute Gasteiger partial charge is 0.272 e. The predicted octanol–water partition coefficient (Wildman–Crippen LogP) is 3.40. The Morgan fingerprint density at radius 1 is 1.36 bits per heavy atom. The van der Waals surface area contributed by atoms with Crippen molar-refractivity contribution in [3.05, 3.63) is 35.3 Å². The molecule has 0 aromatic carbocycles. The summed E-state index contributed by atoms with van der Waals surface area (Å²) in [7, 11) is 0. The van der Waals surface area contributed by atoms with Gasteiger partial charge in [0.2, 0.25) is 0 Å². The van der Waals surface area contributed by atoms with Crippen LogP contribution in [0.15, 0.2) is 23.5 Å². The van der Waals surface area contributed by atoms with Gasteiger partial charge in [-0.3, -0.25) is 9.98 Å². The van der Waals surface area contributed by atoms with E-state index in [-0.39, 0.29) is 0 Å². The van der Waals surface area contributed by atoms with Crippen LogP contribution in [0.25, 0.3) is 6.08 Å². The number of hydrogen-bond donors (Lipinski definition) is 0. The highest BCUT2D eigenvalue weighted by atomic mass is 14.7. The van der Waals surface area contributed by atoms with Crippen LogP contribution in [0.2, 0.25) is 0 Å². The molecule has 2 nitrogen and oxygen atoms in total. The number of pyridine rings is 1. The number of rotatable bonds is 2. The highest BCUT2D eigenvalue weighted by molar-refractivity contribution is 5.53. The average Bonchev–Trinajstić information content (AvgIpc) is 2.22. The molecule has 0 saturated carbocycles. The zero-order chi connectivity index (χ0) is 11.0. The molecule has 0 aliphatic heterocycles. The Morgan fingerprint density at radius 2 is 2.00 bits per heavy atom. The van der Waals surface area contributed by atoms with E-state index in [1.165, 1.54) is 0 Å². The van der Waals surface area contributed by atoms with E-state index in [1.54, 1.807) is 6.20 Å². The van der Waals surface area contributed by atoms with Gasteiger partial charge in [-0.25, -0.2) is 0 Å². The van der Waals surface area contributed by atoms with Crippen molar-refractivity contribution in [1.82, 2.24) is 4.98 Å². The van der Waals surface area contributed by atoms with Crippen molar-refractivity contribution < 1.29 is 0 Å². The third kappa shape index (κ3) is 3.99. The Morgan fingerprint density at radius 3 is 2.57 bits per heavy atom. The maximum Gasteiger partial charge on any atom is 0.0378 e. The van der Waals surface area contributed by atoms with Crippen molar-refractivity contribution in [2.24, 2.45) is 4.99 Å². The molecule has 14 heavy (non-hydrogen) atoms. The summed E-state index contributed by atoms with van der Waals surface area (Å²) in [5.74, 6) is 0. The van der Waals surface area contributed by atoms with Crippen LogP contribution in [-0.4, -0.2) is 11.7 Å². The van der Waals surface area contributed by atoms with Gasteiger partial charge >= 0.3 is 0 Å². The van der Waals surface area contributed by atoms with Gasteiger partial charge in [-0.2, -0.15) is 0 Å². The van der Waals surface area contributed by atoms with Gasteiger partial charge in [0.05, 0.1) is 0 Å². The minimum atomic E-state index is 1.02. The Kier molecular flexibility index (Phi) is 6.29. The molecule has 0 aliphatic carbocycles. The quantitative estimate of drug-likeness (QED) is 0.656. The van der Waals surface area contributed by atoms with Crippen LogP contribution in [-0.2, 0) is 0 Å². The van der Waals surface area contributed by atoms with Crippen LogP contribution in [0.3, 0.4) is 0 Å². The van der Waals surface area contributed by atoms with Crippen LogP contribution >= 0.6 is 0 Å². The molecule has 1 aromatic heterocycles. The highest BCUT2D eigenvalue weighted by Gasteiger charge is 1.93. The summed E-state index contributed by atoms with van der Waals surface area (Å²) in [6.07, 6.45) is 5.47. The van der Waals surface area contributed by atoms with Crippen molar-refractivity contribution in [3.63, 3.8) is 0 Å². The molecule has 1 heterocycles. The van der Waals surface area contributed by atoms with E-state index in [4.69, 9.17) is 0 Å². The number of hydrogen-bond acceptors (Lipinski definition) is 2. The van der Waals surface area contributed by atoms with Gasteiger partial charge in [-0.1, -0.05) is 13.8 Å². The van der Waals surface area contributed by atoms with Gasteiger partial charge in [0.25, 0.3) is 0 Å². The van der Waals surface area contributed by atoms with Gasteiger partial charge < -0.3 is 0 Å². The molecule has 0 atom stereocenters. The lowest BCUT2D eigenvalue weighted by Crippen LogP contribution is -1.86. The standard InChI is InChI=1S/C10H12N2.C2H6/c1-8-7-12-9(2)6-10(8)4-5-11-3;1-2/h4-7H,3H2,1-2H3;1-2H3/b5-4-;. The molecule has 1 aromatic rings. The first-order valence-electron chi connectivity index (χ1n) is 4.79. The normalized spacial score (nSPS) is 9.43. The van der Waals surface area contributed by atoms with Crippen LogP contribution in [0.4, 0.5) is 0 Å². The lowest BCUT2D eigenvalue weighted by molar-refractivity contribution is 1.16. The lowest BCUT2D eigenvalue weighted by Gasteiger charge is -1.99. The molecule has 0 spiro atoms. The molecule has 0 radical (unpaired) electrons. The minimum absolute atomic E-state index is 1.02. The molecule has 0 unspecified atom stereocenters. The van der Waals surface area contributed by atoms with E-state index in [2.05, 4.69) is 16.7 Å². The average molecular weight is 190 g/mol. The Balaban J connectivity index is 0.000000791. The summed E-state index contributed by atoms with van der Waals surface area (Å²) in [4.78, 5) is 7.82. The summed E-state index contributed by atoms with van der Waals surface area (Å²) in [5.41, 5.74) is 3.32. The van der Waals surface area contributed by atoms with Gasteiger partial charge in [0.1, 0.15) is 0 Å². The SMILES string of the molecule is C=N/C=C\c1cc(C)ncc1C.CC. The molecule has 76 valence electrons. The van der Waals surface area contributed by atoms with Crippen LogP contribution in [0.5, 0.6) is 0 Å². The van der Waals surface area contributed by atoms with Crippen LogP contribution in [0.1, 0.15) is 30.7 Å². The van der Waals surface area contributed by atoms with Crippen LogP contribution < -0.4 is 0 Å². The van der Waals surface area contributed by atoms with E-state index in [0.717, 1.165) is 16.8 Å². The first-order chi connectivity index (χ1) is 6.74. The molecular weight excluding hydrogens is 172 g/mol. The first kappa shape index (κ1) is 12.6. The van der Waals surface area contributed by atoms with Crippen molar-refractivity contribution >= 4 is 12.8 Å². The second kappa shape index (κ2) is 7.01. The molecule has 0 saturated heterocycles. The molecule has 0 aliphatic rings. The smallest absolute Gasteiger partial charge is 0.0378 e. The zero-order valence-electron chi connectivity index (χ0n) is 9.41. The third-order valence-electron chi connectivity index (χ3n) is 1.64. The molecule has 0 fully saturated rings. The monoisotopic (exact) mass is 190 g/mol. The van der Waals surface area contributed by atoms with Crippen molar-refractivity contribution in [2.75, 3.05) is 0 Å². The van der Waals surface area contributed by atoms with Gasteiger partial charge in [0, 0.05) is 18.1 Å². The molecule has 1 rings (SSSR count). The molecule has 2 heteroatoms. The van der Waals surface area contributed by atoms with E-state index < -0.39 is 0 Å². The Labute approximate surface area is 86.4 Å². The maximum absolute atomic E-state index is 4.17. The van der Waals surface area contributed by atoms with E-state index in [9.17, 15) is 0 Å². The summed E-state index contributed by atoms with van der Waals surface area (Å²) in [6.45, 7) is 11.4. The van der Waals surface area contributed by atoms with Gasteiger partial charge in [-0.05, 0) is 43.8 Å². The van der Waals surface area contributed by atoms with E-state index in [1.807, 2.05) is 46.0 Å². The van der Waals surface area contributed by atoms with Crippen molar-refractivity contribution in [1.29, 1.82) is 0 Å². The summed E-state index contributed by atoms with van der Waals surface area (Å²) < 4.78 is 0. The fraction of sp³-hybridized carbons (Fsp3) is 0.333. The molecule has 0 N–H and O–H groups in total. The van der Waals surface area contributed by atoms with Gasteiger partial charge in [0.15, 0.2) is 0 Å². The highest BCUT2D eigenvalue weighted by Crippen LogP contribution is 2.09. The summed E-state index contributed by atoms with van der Waals surface area (Å²) in [5, 5.41) is 0. The van der Waals surface area contributed by atoms with E-state index >= 15 is 0 Å². The number of nitrogens with zero attached hydrogens (tertiary/aromatic N) is 2. The maximum atomic E-state index is 4.17. The second-order valence-electron chi connectivity index (χ2n) is 2.68. The topological polar surface area (TPSA) is 25.2 Å². The zero-order valence-corrected chi connectivity index (χ0v) is 9.41. The fourth-order valence-corrected chi connectivity index (χ4v) is 0.962. The second-order valence-corrected chi connectivity index (χ2v) is 2.68. The van der Waals surface area contributed by atoms with Crippen molar-refractivity contribution in [2.45, 2.75) is 27.7 Å². The first-order valence-corrected chi connectivity index (χ1v) is 4.79. The van der Waals surface area contributed by atoms with E-state index in [0.29, 0.717) is 0 Å². The fourth-order valence-electron chi connectivity index (χ4n) is 0.962. The summed E-state index contributed by atoms with van der Waals surface area (Å²) >= 11 is 0. The van der Waals surface area contributed by atoms with Crippen molar-refractivity contribution in [3.8, 4) is 0 Å². The van der Waals surface area contributed by atoms with Gasteiger partial charge in [-0.15, -0.1) is 0 Å². The number of aromatic nitrogens is 1. The number of aliphatic imine (C=N–C) groups is 1. The number of aryl methyl sites for hydroxylation is 2. The molecule has 0 amide bonds. The Hall–Kier alpha value is -1.44. The minimum Gasteiger partial charge on any atom is -0.272 e. The summed E-state index contributed by atoms with van der Waals surface area (Å²) in [6, 6.07) is 2.02. The molecular formula is C12H18N2. The third-order valence-corrected chi connectivity index (χ3v) is 1.64. The lowest BCUT2D eigenvalue weighted by atomic mass is 10.1.